The third kappa shape index (κ3) is 4.06. The average Bonchev–Trinajstić information content (AvgIpc) is 2.73. The zero-order valence-electron chi connectivity index (χ0n) is 15.8. The van der Waals surface area contributed by atoms with Crippen LogP contribution in [0, 0.1) is 0 Å². The number of benzene rings is 3. The van der Waals surface area contributed by atoms with Gasteiger partial charge in [-0.25, -0.2) is 0 Å². The van der Waals surface area contributed by atoms with Gasteiger partial charge in [-0.1, -0.05) is 66.7 Å². The maximum absolute atomic E-state index is 12.4. The van der Waals surface area contributed by atoms with Crippen LogP contribution in [0.4, 0.5) is 0 Å². The molecule has 0 saturated carbocycles. The van der Waals surface area contributed by atoms with Gasteiger partial charge in [0.05, 0.1) is 19.0 Å². The number of hydrogen-bond acceptors (Lipinski definition) is 2. The van der Waals surface area contributed by atoms with Gasteiger partial charge in [-0.15, -0.1) is 0 Å². The van der Waals surface area contributed by atoms with Crippen molar-refractivity contribution in [2.45, 2.75) is 31.7 Å². The number of nitrogens with one attached hydrogen (secondary N) is 2. The summed E-state index contributed by atoms with van der Waals surface area (Å²) in [4.78, 5) is 24.7. The third-order valence-electron chi connectivity index (χ3n) is 5.38. The summed E-state index contributed by atoms with van der Waals surface area (Å²) in [6.07, 6.45) is 3.33. The molecule has 4 heteroatoms. The van der Waals surface area contributed by atoms with Crippen LogP contribution in [0.15, 0.2) is 66.7 Å². The number of rotatable bonds is 5. The van der Waals surface area contributed by atoms with Gasteiger partial charge in [0.2, 0.25) is 11.8 Å². The van der Waals surface area contributed by atoms with Gasteiger partial charge in [-0.2, -0.15) is 0 Å². The fourth-order valence-corrected chi connectivity index (χ4v) is 4.01. The van der Waals surface area contributed by atoms with Gasteiger partial charge in [0, 0.05) is 0 Å². The van der Waals surface area contributed by atoms with Crippen molar-refractivity contribution in [3.63, 3.8) is 0 Å². The van der Waals surface area contributed by atoms with E-state index in [4.69, 9.17) is 0 Å². The smallest absolute Gasteiger partial charge is 0.239 e. The highest BCUT2D eigenvalue weighted by Gasteiger charge is 2.21. The molecule has 4 nitrogen and oxygen atoms in total. The van der Waals surface area contributed by atoms with Crippen molar-refractivity contribution in [2.75, 3.05) is 6.54 Å². The molecule has 0 fully saturated rings. The lowest BCUT2D eigenvalue weighted by Crippen LogP contribution is -2.40. The minimum absolute atomic E-state index is 0.00225. The van der Waals surface area contributed by atoms with Crippen molar-refractivity contribution < 1.29 is 9.59 Å². The quantitative estimate of drug-likeness (QED) is 0.718. The summed E-state index contributed by atoms with van der Waals surface area (Å²) in [5, 5.41) is 8.01. The monoisotopic (exact) mass is 372 g/mol. The molecular formula is C24H24N2O2. The molecule has 3 aromatic carbocycles. The van der Waals surface area contributed by atoms with Crippen LogP contribution in [0.5, 0.6) is 0 Å². The second-order valence-corrected chi connectivity index (χ2v) is 7.30. The Morgan fingerprint density at radius 3 is 2.61 bits per heavy atom. The number of aryl methyl sites for hydroxylation is 1. The van der Waals surface area contributed by atoms with Gasteiger partial charge in [-0.3, -0.25) is 9.59 Å². The molecule has 0 unspecified atom stereocenters. The fourth-order valence-electron chi connectivity index (χ4n) is 4.01. The van der Waals surface area contributed by atoms with Crippen LogP contribution in [0.2, 0.25) is 0 Å². The fraction of sp³-hybridized carbons (Fsp3) is 0.250. The van der Waals surface area contributed by atoms with E-state index >= 15 is 0 Å². The summed E-state index contributed by atoms with van der Waals surface area (Å²) < 4.78 is 0. The molecule has 142 valence electrons. The summed E-state index contributed by atoms with van der Waals surface area (Å²) >= 11 is 0. The molecule has 2 N–H and O–H groups in total. The van der Waals surface area contributed by atoms with Gasteiger partial charge in [0.15, 0.2) is 0 Å². The highest BCUT2D eigenvalue weighted by atomic mass is 16.2. The molecule has 3 aromatic rings. The van der Waals surface area contributed by atoms with E-state index in [0.717, 1.165) is 35.6 Å². The van der Waals surface area contributed by atoms with Crippen LogP contribution >= 0.6 is 0 Å². The van der Waals surface area contributed by atoms with E-state index in [-0.39, 0.29) is 30.8 Å². The molecular weight excluding hydrogens is 348 g/mol. The minimum Gasteiger partial charge on any atom is -0.348 e. The molecule has 4 rings (SSSR count). The van der Waals surface area contributed by atoms with Crippen LogP contribution < -0.4 is 10.6 Å². The summed E-state index contributed by atoms with van der Waals surface area (Å²) in [6.45, 7) is 0.00225. The van der Waals surface area contributed by atoms with Crippen LogP contribution in [-0.2, 0) is 22.4 Å². The normalized spacial score (nSPS) is 15.6. The number of fused-ring (bicyclic) bond motifs is 2. The number of carbonyl (C=O) groups is 2. The minimum atomic E-state index is -0.145. The van der Waals surface area contributed by atoms with Crippen molar-refractivity contribution in [3.8, 4) is 0 Å². The Morgan fingerprint density at radius 2 is 1.68 bits per heavy atom. The van der Waals surface area contributed by atoms with Crippen molar-refractivity contribution in [1.82, 2.24) is 10.6 Å². The predicted molar refractivity (Wildman–Crippen MR) is 111 cm³/mol. The highest BCUT2D eigenvalue weighted by molar-refractivity contribution is 5.91. The molecule has 1 aliphatic carbocycles. The topological polar surface area (TPSA) is 58.2 Å². The molecule has 0 saturated heterocycles. The van der Waals surface area contributed by atoms with Crippen LogP contribution in [-0.4, -0.2) is 18.4 Å². The Morgan fingerprint density at radius 1 is 0.893 bits per heavy atom. The molecule has 0 spiro atoms. The van der Waals surface area contributed by atoms with E-state index in [1.165, 1.54) is 11.1 Å². The summed E-state index contributed by atoms with van der Waals surface area (Å²) in [7, 11) is 0. The SMILES string of the molecule is O=C(Cc1cccc2ccccc12)NCC(=O)N[C@H]1CCCc2ccccc21. The second kappa shape index (κ2) is 8.26. The van der Waals surface area contributed by atoms with Gasteiger partial charge >= 0.3 is 0 Å². The highest BCUT2D eigenvalue weighted by Crippen LogP contribution is 2.29. The van der Waals surface area contributed by atoms with E-state index < -0.39 is 0 Å². The van der Waals surface area contributed by atoms with E-state index in [9.17, 15) is 9.59 Å². The Labute approximate surface area is 165 Å². The van der Waals surface area contributed by atoms with E-state index in [1.807, 2.05) is 54.6 Å². The molecule has 0 radical (unpaired) electrons. The zero-order valence-corrected chi connectivity index (χ0v) is 15.8. The van der Waals surface area contributed by atoms with Crippen LogP contribution in [0.3, 0.4) is 0 Å². The van der Waals surface area contributed by atoms with Gasteiger partial charge < -0.3 is 10.6 Å². The Kier molecular flexibility index (Phi) is 5.38. The van der Waals surface area contributed by atoms with Crippen molar-refractivity contribution in [2.24, 2.45) is 0 Å². The number of hydrogen-bond donors (Lipinski definition) is 2. The first-order chi connectivity index (χ1) is 13.7. The average molecular weight is 372 g/mol. The molecule has 0 aromatic heterocycles. The molecule has 0 heterocycles. The van der Waals surface area contributed by atoms with E-state index in [2.05, 4.69) is 22.8 Å². The first kappa shape index (κ1) is 18.2. The van der Waals surface area contributed by atoms with Crippen molar-refractivity contribution in [1.29, 1.82) is 0 Å². The van der Waals surface area contributed by atoms with Gasteiger partial charge in [0.1, 0.15) is 0 Å². The van der Waals surface area contributed by atoms with Crippen LogP contribution in [0.25, 0.3) is 10.8 Å². The Bertz CT molecular complexity index is 1010. The number of amides is 2. The molecule has 0 bridgehead atoms. The van der Waals surface area contributed by atoms with Crippen molar-refractivity contribution in [3.05, 3.63) is 83.4 Å². The molecule has 1 atom stereocenters. The van der Waals surface area contributed by atoms with Gasteiger partial charge in [-0.05, 0) is 46.7 Å². The maximum Gasteiger partial charge on any atom is 0.239 e. The lowest BCUT2D eigenvalue weighted by Gasteiger charge is -2.26. The maximum atomic E-state index is 12.4. The Hall–Kier alpha value is -3.14. The number of carbonyl (C=O) groups excluding carboxylic acids is 2. The van der Waals surface area contributed by atoms with E-state index in [1.54, 1.807) is 0 Å². The van der Waals surface area contributed by atoms with E-state index in [0.29, 0.717) is 0 Å². The Balaban J connectivity index is 1.33. The lowest BCUT2D eigenvalue weighted by atomic mass is 9.88. The van der Waals surface area contributed by atoms with Crippen LogP contribution in [0.1, 0.15) is 35.6 Å². The predicted octanol–water partition coefficient (Wildman–Crippen LogP) is 3.69. The zero-order chi connectivity index (χ0) is 19.3. The standard InChI is InChI=1S/C24H24N2O2/c27-23(15-19-11-5-9-17-7-1-3-12-20(17)19)25-16-24(28)26-22-14-6-10-18-8-2-4-13-21(18)22/h1-5,7-9,11-13,22H,6,10,14-16H2,(H,25,27)(H,26,28)/t22-/m0/s1. The lowest BCUT2D eigenvalue weighted by molar-refractivity contribution is -0.126. The largest absolute Gasteiger partial charge is 0.348 e. The third-order valence-corrected chi connectivity index (χ3v) is 5.38. The first-order valence-corrected chi connectivity index (χ1v) is 9.81. The second-order valence-electron chi connectivity index (χ2n) is 7.30. The summed E-state index contributed by atoms with van der Waals surface area (Å²) in [5.74, 6) is -0.288. The first-order valence-electron chi connectivity index (χ1n) is 9.81. The molecule has 2 amide bonds. The molecule has 0 aliphatic heterocycles. The van der Waals surface area contributed by atoms with Gasteiger partial charge in [0.25, 0.3) is 0 Å². The van der Waals surface area contributed by atoms with Crippen molar-refractivity contribution >= 4 is 22.6 Å². The summed E-state index contributed by atoms with van der Waals surface area (Å²) in [6, 6.07) is 22.2. The summed E-state index contributed by atoms with van der Waals surface area (Å²) in [5.41, 5.74) is 3.47. The molecule has 28 heavy (non-hydrogen) atoms. The molecule has 1 aliphatic rings.